The van der Waals surface area contributed by atoms with Crippen molar-refractivity contribution >= 4 is 17.9 Å². The zero-order chi connectivity index (χ0) is 52.2. The summed E-state index contributed by atoms with van der Waals surface area (Å²) in [6.45, 7) is 6.53. The summed E-state index contributed by atoms with van der Waals surface area (Å²) >= 11 is 0. The number of carbonyl (C=O) groups excluding carboxylic acids is 3. The predicted molar refractivity (Wildman–Crippen MR) is 312 cm³/mol. The number of ether oxygens (including phenoxy) is 3. The number of esters is 3. The summed E-state index contributed by atoms with van der Waals surface area (Å²) in [5.74, 6) is -0.889. The molecule has 418 valence electrons. The zero-order valence-corrected chi connectivity index (χ0v) is 47.9. The minimum atomic E-state index is -0.785. The van der Waals surface area contributed by atoms with Crippen LogP contribution in [0.4, 0.5) is 0 Å². The first-order valence-corrected chi connectivity index (χ1v) is 31.3. The van der Waals surface area contributed by atoms with Crippen LogP contribution < -0.4 is 0 Å². The molecule has 0 aliphatic carbocycles. The average molecular weight is 1010 g/mol. The van der Waals surface area contributed by atoms with E-state index >= 15 is 0 Å². The highest BCUT2D eigenvalue weighted by molar-refractivity contribution is 5.71. The summed E-state index contributed by atoms with van der Waals surface area (Å²) in [4.78, 5) is 38.3. The third-order valence-electron chi connectivity index (χ3n) is 13.8. The third kappa shape index (κ3) is 58.0. The van der Waals surface area contributed by atoms with Gasteiger partial charge in [-0.2, -0.15) is 0 Å². The second kappa shape index (κ2) is 60.7. The van der Waals surface area contributed by atoms with Crippen molar-refractivity contribution in [1.29, 1.82) is 0 Å². The van der Waals surface area contributed by atoms with E-state index in [4.69, 9.17) is 14.2 Å². The van der Waals surface area contributed by atoms with Gasteiger partial charge in [-0.3, -0.25) is 14.4 Å². The molecule has 1 unspecified atom stereocenters. The topological polar surface area (TPSA) is 78.9 Å². The Morgan fingerprint density at radius 2 is 0.542 bits per heavy atom. The van der Waals surface area contributed by atoms with Crippen LogP contribution in [0.3, 0.4) is 0 Å². The van der Waals surface area contributed by atoms with Crippen LogP contribution >= 0.6 is 0 Å². The number of hydrogen-bond donors (Lipinski definition) is 0. The second-order valence-corrected chi connectivity index (χ2v) is 20.9. The van der Waals surface area contributed by atoms with Crippen LogP contribution in [0.1, 0.15) is 323 Å². The quantitative estimate of drug-likeness (QED) is 0.0261. The SMILES string of the molecule is CC/C=C\C/C=C\C/C=C\CCCCCCCC(=O)OCC(COC(=O)CCCCCCCCCCCCCCCCCCCCCCCC)OC(=O)CCCCCCCCC/C=C\C/C=C\CCCCC. The Bertz CT molecular complexity index is 1290. The molecule has 0 aliphatic heterocycles. The molecule has 0 rings (SSSR count). The standard InChI is InChI=1S/C66H118O6/c1-4-7-10-13-16-19-22-25-28-30-31-32-33-34-36-38-41-44-47-50-53-56-59-65(68)71-62-63(61-70-64(67)58-55-52-49-46-43-40-37-27-24-21-18-15-12-9-6-3)72-66(69)60-57-54-51-48-45-42-39-35-29-26-23-20-17-14-11-8-5-2/h9,12,17-18,20-21,26-27,29,37,63H,4-8,10-11,13-16,19,22-25,28,30-36,38-62H2,1-3H3/b12-9-,20-17-,21-18-,29-26-,37-27-. The fourth-order valence-corrected chi connectivity index (χ4v) is 9.08. The number of rotatable bonds is 57. The van der Waals surface area contributed by atoms with E-state index < -0.39 is 6.10 Å². The molecule has 1 atom stereocenters. The van der Waals surface area contributed by atoms with Gasteiger partial charge in [0.15, 0.2) is 6.10 Å². The molecule has 0 heterocycles. The van der Waals surface area contributed by atoms with E-state index in [0.29, 0.717) is 19.3 Å². The average Bonchev–Trinajstić information content (AvgIpc) is 3.38. The molecular weight excluding hydrogens is 889 g/mol. The molecule has 0 fully saturated rings. The third-order valence-corrected chi connectivity index (χ3v) is 13.8. The number of hydrogen-bond acceptors (Lipinski definition) is 6. The first-order valence-electron chi connectivity index (χ1n) is 31.3. The zero-order valence-electron chi connectivity index (χ0n) is 47.9. The van der Waals surface area contributed by atoms with Gasteiger partial charge in [-0.25, -0.2) is 0 Å². The molecule has 0 N–H and O–H groups in total. The number of unbranched alkanes of at least 4 members (excludes halogenated alkanes) is 36. The van der Waals surface area contributed by atoms with E-state index in [0.717, 1.165) is 109 Å². The van der Waals surface area contributed by atoms with Crippen LogP contribution in [0, 0.1) is 0 Å². The summed E-state index contributed by atoms with van der Waals surface area (Å²) in [7, 11) is 0. The predicted octanol–water partition coefficient (Wildman–Crippen LogP) is 21.2. The maximum atomic E-state index is 12.9. The van der Waals surface area contributed by atoms with Gasteiger partial charge in [0, 0.05) is 19.3 Å². The van der Waals surface area contributed by atoms with Crippen molar-refractivity contribution in [2.24, 2.45) is 0 Å². The molecule has 6 nitrogen and oxygen atoms in total. The molecule has 6 heteroatoms. The lowest BCUT2D eigenvalue weighted by molar-refractivity contribution is -0.167. The van der Waals surface area contributed by atoms with E-state index in [1.165, 1.54) is 173 Å². The van der Waals surface area contributed by atoms with Crippen molar-refractivity contribution in [2.45, 2.75) is 329 Å². The van der Waals surface area contributed by atoms with Crippen molar-refractivity contribution in [3.8, 4) is 0 Å². The molecule has 0 bridgehead atoms. The van der Waals surface area contributed by atoms with Crippen LogP contribution in [0.2, 0.25) is 0 Å². The summed E-state index contributed by atoms with van der Waals surface area (Å²) in [6.07, 6.45) is 76.5. The summed E-state index contributed by atoms with van der Waals surface area (Å²) in [6, 6.07) is 0. The molecule has 72 heavy (non-hydrogen) atoms. The lowest BCUT2D eigenvalue weighted by Crippen LogP contribution is -2.30. The summed E-state index contributed by atoms with van der Waals surface area (Å²) < 4.78 is 16.9. The molecule has 0 spiro atoms. The Labute approximate surface area is 447 Å². The van der Waals surface area contributed by atoms with Gasteiger partial charge < -0.3 is 14.2 Å². The molecule has 0 aromatic carbocycles. The van der Waals surface area contributed by atoms with Crippen LogP contribution in [0.25, 0.3) is 0 Å². The molecule has 0 amide bonds. The van der Waals surface area contributed by atoms with Gasteiger partial charge in [-0.05, 0) is 83.5 Å². The number of carbonyl (C=O) groups is 3. The van der Waals surface area contributed by atoms with E-state index in [-0.39, 0.29) is 31.1 Å². The van der Waals surface area contributed by atoms with Crippen LogP contribution in [0.15, 0.2) is 60.8 Å². The van der Waals surface area contributed by atoms with Crippen LogP contribution in [-0.4, -0.2) is 37.2 Å². The molecule has 0 saturated carbocycles. The Balaban J connectivity index is 4.33. The highest BCUT2D eigenvalue weighted by Crippen LogP contribution is 2.17. The van der Waals surface area contributed by atoms with Crippen molar-refractivity contribution in [2.75, 3.05) is 13.2 Å². The lowest BCUT2D eigenvalue weighted by Gasteiger charge is -2.18. The highest BCUT2D eigenvalue weighted by Gasteiger charge is 2.19. The van der Waals surface area contributed by atoms with Crippen molar-refractivity contribution in [1.82, 2.24) is 0 Å². The van der Waals surface area contributed by atoms with E-state index in [9.17, 15) is 14.4 Å². The molecule has 0 saturated heterocycles. The summed E-state index contributed by atoms with van der Waals surface area (Å²) in [5.41, 5.74) is 0. The first-order chi connectivity index (χ1) is 35.5. The van der Waals surface area contributed by atoms with Gasteiger partial charge in [-0.1, -0.05) is 281 Å². The maximum Gasteiger partial charge on any atom is 0.306 e. The Hall–Kier alpha value is -2.89. The minimum absolute atomic E-state index is 0.0802. The van der Waals surface area contributed by atoms with Crippen molar-refractivity contribution in [3.05, 3.63) is 60.8 Å². The second-order valence-electron chi connectivity index (χ2n) is 20.9. The summed E-state index contributed by atoms with van der Waals surface area (Å²) in [5, 5.41) is 0. The van der Waals surface area contributed by atoms with E-state index in [1.54, 1.807) is 0 Å². The molecule has 0 aromatic rings. The lowest BCUT2D eigenvalue weighted by atomic mass is 10.0. The van der Waals surface area contributed by atoms with Gasteiger partial charge in [0.1, 0.15) is 13.2 Å². The molecule has 0 radical (unpaired) electrons. The Morgan fingerprint density at radius 1 is 0.292 bits per heavy atom. The van der Waals surface area contributed by atoms with Crippen molar-refractivity contribution < 1.29 is 28.6 Å². The van der Waals surface area contributed by atoms with Gasteiger partial charge >= 0.3 is 17.9 Å². The van der Waals surface area contributed by atoms with Gasteiger partial charge in [0.25, 0.3) is 0 Å². The van der Waals surface area contributed by atoms with Gasteiger partial charge in [-0.15, -0.1) is 0 Å². The molecular formula is C66H118O6. The van der Waals surface area contributed by atoms with E-state index in [2.05, 4.69) is 81.5 Å². The highest BCUT2D eigenvalue weighted by atomic mass is 16.6. The van der Waals surface area contributed by atoms with Gasteiger partial charge in [0.05, 0.1) is 0 Å². The van der Waals surface area contributed by atoms with Gasteiger partial charge in [0.2, 0.25) is 0 Å². The van der Waals surface area contributed by atoms with Crippen LogP contribution in [0.5, 0.6) is 0 Å². The van der Waals surface area contributed by atoms with Crippen molar-refractivity contribution in [3.63, 3.8) is 0 Å². The van der Waals surface area contributed by atoms with E-state index in [1.807, 2.05) is 0 Å². The fourth-order valence-electron chi connectivity index (χ4n) is 9.08. The minimum Gasteiger partial charge on any atom is -0.462 e. The molecule has 0 aliphatic rings. The Kier molecular flexibility index (Phi) is 58.2. The first kappa shape index (κ1) is 69.1. The fraction of sp³-hybridized carbons (Fsp3) is 0.803. The normalized spacial score (nSPS) is 12.4. The number of allylic oxidation sites excluding steroid dienone is 10. The maximum absolute atomic E-state index is 12.9. The Morgan fingerprint density at radius 3 is 0.875 bits per heavy atom. The smallest absolute Gasteiger partial charge is 0.306 e. The largest absolute Gasteiger partial charge is 0.462 e. The molecule has 0 aromatic heterocycles. The van der Waals surface area contributed by atoms with Crippen LogP contribution in [-0.2, 0) is 28.6 Å². The monoisotopic (exact) mass is 1010 g/mol.